The van der Waals surface area contributed by atoms with Crippen molar-refractivity contribution in [3.63, 3.8) is 0 Å². The molecule has 0 fully saturated rings. The Labute approximate surface area is 491 Å². The minimum Gasteiger partial charge on any atom is -0.505 e. The van der Waals surface area contributed by atoms with Gasteiger partial charge in [0, 0.05) is 28.3 Å². The fraction of sp³-hybridized carbons (Fsp3) is 0. The van der Waals surface area contributed by atoms with Gasteiger partial charge in [-0.1, -0.05) is 5.04 Å². The van der Waals surface area contributed by atoms with Crippen LogP contribution in [0.15, 0.2) is 161 Å². The van der Waals surface area contributed by atoms with E-state index in [2.05, 4.69) is 55.4 Å². The molecule has 39 nitrogen and oxygen atoms in total. The number of aromatic nitrogens is 2. The molecule has 0 spiro atoms. The van der Waals surface area contributed by atoms with E-state index >= 15 is 0 Å². The molecule has 1 heterocycles. The van der Waals surface area contributed by atoms with E-state index in [0.717, 1.165) is 60.7 Å². The van der Waals surface area contributed by atoms with Crippen LogP contribution in [-0.2, 0) is 60.0 Å². The van der Waals surface area contributed by atoms with Gasteiger partial charge >= 0.3 is 11.9 Å². The van der Waals surface area contributed by atoms with Crippen LogP contribution in [0.3, 0.4) is 0 Å². The molecular weight excluding hydrogens is 1310 g/mol. The Balaban J connectivity index is 1.23. The van der Waals surface area contributed by atoms with E-state index in [1.807, 2.05) is 0 Å². The van der Waals surface area contributed by atoms with Crippen LogP contribution in [0.25, 0.3) is 27.2 Å². The van der Waals surface area contributed by atoms with Crippen molar-refractivity contribution in [1.29, 1.82) is 0 Å². The van der Waals surface area contributed by atoms with Crippen molar-refractivity contribution in [1.82, 2.24) is 9.78 Å². The number of carboxylic acids is 2. The van der Waals surface area contributed by atoms with Crippen LogP contribution in [0, 0.1) is 10.1 Å². The highest BCUT2D eigenvalue weighted by atomic mass is 32.2. The summed E-state index contributed by atoms with van der Waals surface area (Å²) in [4.78, 5) is 28.1. The van der Waals surface area contributed by atoms with Crippen LogP contribution in [0.5, 0.6) is 17.4 Å². The number of non-ortho nitro benzene ring substituents is 1. The molecule has 0 amide bonds. The van der Waals surface area contributed by atoms with Crippen molar-refractivity contribution in [2.45, 2.75) is 29.4 Å². The predicted octanol–water partition coefficient (Wildman–Crippen LogP) is 8.51. The number of nitrogens with two attached hydrogens (primary N) is 1. The van der Waals surface area contributed by atoms with Gasteiger partial charge in [-0.3, -0.25) is 32.9 Å². The standard InChI is InChI=1S/C43H28N12O27S6/c44-33-27(15-29(85(69,70)71)24-13-28(83-82-81-65)34(39(57)32(24)33)50-47-25-7-3-20(55(63)64)12-30(25)86(72,73)74)49-48-26-8-6-22-23(40(26)88(78,79)80)14-31(87(75,76)77)35(38(22)56)51-45-17-9-16(42(59)60)10-18(11-17)46-52-36-37(43(61)62)53-54(41(36)58)19-1-4-21(5-2-19)84(66,67)68/h1-15,56-58,65H,44H2,(H,59,60)(H,61,62)(H,66,67,68)(H,69,70,71)(H,72,73,74)(H,75,76,77)(H,78,79,80)/b49-48?,50-47?,51-45?,52-46+. The molecule has 0 saturated heterocycles. The van der Waals surface area contributed by atoms with Gasteiger partial charge < -0.3 is 31.3 Å². The topological polar surface area (TPSA) is 632 Å². The van der Waals surface area contributed by atoms with E-state index in [-0.39, 0.29) is 17.7 Å². The average molecular weight is 1340 g/mol. The molecule has 0 aliphatic heterocycles. The Morgan fingerprint density at radius 3 is 1.68 bits per heavy atom. The molecule has 0 unspecified atom stereocenters. The molecule has 0 saturated carbocycles. The molecule has 45 heteroatoms. The zero-order valence-corrected chi connectivity index (χ0v) is 47.0. The second-order valence-electron chi connectivity index (χ2n) is 17.0. The van der Waals surface area contributed by atoms with Crippen LogP contribution < -0.4 is 5.73 Å². The lowest BCUT2D eigenvalue weighted by Crippen LogP contribution is -2.03. The molecule has 0 aliphatic rings. The van der Waals surface area contributed by atoms with E-state index in [9.17, 15) is 110 Å². The van der Waals surface area contributed by atoms with E-state index in [4.69, 9.17) is 11.0 Å². The van der Waals surface area contributed by atoms with Gasteiger partial charge in [-0.2, -0.15) is 62.1 Å². The van der Waals surface area contributed by atoms with Crippen LogP contribution in [0.4, 0.5) is 56.9 Å². The SMILES string of the molecule is Nc1c(N=Nc2ccc3c(O)c(N=Nc4cc(/N=N/c5c(C(=O)O)nn(-c6ccc(S(=O)(=O)O)cc6)c5O)cc(C(=O)O)c4)c(S(=O)(=O)O)cc3c2S(=O)(=O)O)cc(S(=O)(=O)O)c2cc(SOOO)c(N=Nc3ccc([N+](=O)[O-])cc3S(=O)(=O)O)c(O)c12. The zero-order valence-electron chi connectivity index (χ0n) is 42.1. The first-order valence-electron chi connectivity index (χ1n) is 22.4. The van der Waals surface area contributed by atoms with E-state index in [0.29, 0.717) is 35.0 Å². The summed E-state index contributed by atoms with van der Waals surface area (Å²) in [6, 6.07) is 11.1. The quantitative estimate of drug-likeness (QED) is 0.00646. The van der Waals surface area contributed by atoms with Crippen molar-refractivity contribution < 1.29 is 120 Å². The van der Waals surface area contributed by atoms with Gasteiger partial charge in [-0.15, -0.1) is 35.0 Å². The first-order valence-corrected chi connectivity index (χ1v) is 30.3. The minimum atomic E-state index is -5.74. The average Bonchev–Trinajstić information content (AvgIpc) is 0.953. The summed E-state index contributed by atoms with van der Waals surface area (Å²) in [7, 11) is -26.9. The van der Waals surface area contributed by atoms with Crippen LogP contribution in [0.1, 0.15) is 20.8 Å². The first-order chi connectivity index (χ1) is 40.9. The number of benzene rings is 7. The fourth-order valence-corrected chi connectivity index (χ4v) is 11.6. The third-order valence-electron chi connectivity index (χ3n) is 11.5. The number of phenols is 2. The second kappa shape index (κ2) is 23.7. The maximum atomic E-state index is 13.2. The number of nitro benzene ring substituents is 1. The number of nitrogens with zero attached hydrogens (tertiary/aromatic N) is 11. The Morgan fingerprint density at radius 1 is 0.568 bits per heavy atom. The molecule has 88 heavy (non-hydrogen) atoms. The largest absolute Gasteiger partial charge is 0.505 e. The summed E-state index contributed by atoms with van der Waals surface area (Å²) >= 11 is -0.0484. The van der Waals surface area contributed by atoms with E-state index < -0.39 is 204 Å². The highest BCUT2D eigenvalue weighted by Crippen LogP contribution is 2.51. The van der Waals surface area contributed by atoms with Gasteiger partial charge in [0.15, 0.2) is 17.2 Å². The number of hydrogen-bond donors (Lipinski definition) is 12. The molecule has 0 bridgehead atoms. The zero-order chi connectivity index (χ0) is 64.9. The molecule has 8 aromatic rings. The number of anilines is 1. The molecule has 0 aliphatic carbocycles. The summed E-state index contributed by atoms with van der Waals surface area (Å²) in [6.07, 6.45) is 0. The van der Waals surface area contributed by atoms with Gasteiger partial charge in [-0.25, -0.2) is 14.8 Å². The number of azo groups is 4. The number of carboxylic acid groups (broad SMARTS) is 2. The number of aromatic hydroxyl groups is 3. The molecule has 1 aromatic heterocycles. The summed E-state index contributed by atoms with van der Waals surface area (Å²) in [5, 5.41) is 107. The number of rotatable bonds is 20. The van der Waals surface area contributed by atoms with Crippen molar-refractivity contribution in [3.8, 4) is 23.1 Å². The number of carbonyl (C=O) groups is 2. The third kappa shape index (κ3) is 13.2. The molecular formula is C43H28N12O27S6. The monoisotopic (exact) mass is 1340 g/mol. The van der Waals surface area contributed by atoms with Crippen molar-refractivity contribution in [2.24, 2.45) is 40.9 Å². The van der Waals surface area contributed by atoms with Gasteiger partial charge in [-0.05, 0) is 78.9 Å². The molecule has 13 N–H and O–H groups in total. The summed E-state index contributed by atoms with van der Waals surface area (Å²) in [5.41, 5.74) is -3.93. The third-order valence-corrected chi connectivity index (χ3v) is 16.6. The summed E-state index contributed by atoms with van der Waals surface area (Å²) < 4.78 is 181. The van der Waals surface area contributed by atoms with Crippen LogP contribution >= 0.6 is 12.0 Å². The number of nitro groups is 1. The van der Waals surface area contributed by atoms with Crippen LogP contribution in [0.2, 0.25) is 0 Å². The molecule has 8 rings (SSSR count). The minimum absolute atomic E-state index is 0.0484. The van der Waals surface area contributed by atoms with Crippen molar-refractivity contribution in [2.75, 3.05) is 5.73 Å². The normalized spacial score (nSPS) is 12.8. The molecule has 0 atom stereocenters. The highest BCUT2D eigenvalue weighted by molar-refractivity contribution is 7.94. The summed E-state index contributed by atoms with van der Waals surface area (Å²) in [6.45, 7) is 0. The van der Waals surface area contributed by atoms with Crippen molar-refractivity contribution >= 4 is 153 Å². The Morgan fingerprint density at radius 2 is 1.14 bits per heavy atom. The number of nitrogen functional groups attached to an aromatic ring is 1. The molecule has 0 radical (unpaired) electrons. The van der Waals surface area contributed by atoms with Gasteiger partial charge in [0.1, 0.15) is 48.0 Å². The number of aromatic carboxylic acids is 2. The number of phenolic OH excluding ortho intramolecular Hbond substituents is 2. The lowest BCUT2D eigenvalue weighted by Gasteiger charge is -2.15. The second-order valence-corrected chi connectivity index (χ2v) is 24.7. The maximum absolute atomic E-state index is 13.2. The smallest absolute Gasteiger partial charge is 0.358 e. The van der Waals surface area contributed by atoms with E-state index in [1.54, 1.807) is 0 Å². The highest BCUT2D eigenvalue weighted by Gasteiger charge is 2.31. The Hall–Kier alpha value is -10.0. The van der Waals surface area contributed by atoms with Crippen LogP contribution in [-0.4, -0.2) is 122 Å². The van der Waals surface area contributed by atoms with E-state index in [1.165, 1.54) is 0 Å². The first kappa shape index (κ1) is 64.0. The van der Waals surface area contributed by atoms with Crippen molar-refractivity contribution in [3.05, 3.63) is 112 Å². The lowest BCUT2D eigenvalue weighted by atomic mass is 10.0. The van der Waals surface area contributed by atoms with Gasteiger partial charge in [0.25, 0.3) is 56.3 Å². The number of fused-ring (bicyclic) bond motifs is 2. The molecule has 458 valence electrons. The fourth-order valence-electron chi connectivity index (χ4n) is 7.79. The number of hydrogen-bond acceptors (Lipinski definition) is 31. The van der Waals surface area contributed by atoms with Gasteiger partial charge in [0.2, 0.25) is 11.6 Å². The lowest BCUT2D eigenvalue weighted by molar-refractivity contribution is -0.432. The van der Waals surface area contributed by atoms with Gasteiger partial charge in [0.05, 0.1) is 60.5 Å². The molecule has 7 aromatic carbocycles. The Kier molecular flexibility index (Phi) is 17.2. The summed E-state index contributed by atoms with van der Waals surface area (Å²) in [5.74, 6) is -7.08. The maximum Gasteiger partial charge on any atom is 0.358 e. The predicted molar refractivity (Wildman–Crippen MR) is 291 cm³/mol. The Bertz CT molecular complexity index is 5080.